The van der Waals surface area contributed by atoms with Gasteiger partial charge in [0.1, 0.15) is 11.6 Å². The Kier molecular flexibility index (Phi) is 7.14. The van der Waals surface area contributed by atoms with Gasteiger partial charge in [-0.15, -0.1) is 10.2 Å². The van der Waals surface area contributed by atoms with Crippen LogP contribution in [-0.2, 0) is 6.54 Å². The predicted molar refractivity (Wildman–Crippen MR) is 119 cm³/mol. The first-order valence-corrected chi connectivity index (χ1v) is 11.0. The highest BCUT2D eigenvalue weighted by Crippen LogP contribution is 2.23. The molecule has 0 spiro atoms. The van der Waals surface area contributed by atoms with Crippen molar-refractivity contribution in [3.05, 3.63) is 60.2 Å². The Bertz CT molecular complexity index is 943. The van der Waals surface area contributed by atoms with Crippen LogP contribution >= 0.6 is 0 Å². The van der Waals surface area contributed by atoms with Crippen molar-refractivity contribution in [2.24, 2.45) is 0 Å². The maximum absolute atomic E-state index is 13.2. The fourth-order valence-electron chi connectivity index (χ4n) is 3.69. The summed E-state index contributed by atoms with van der Waals surface area (Å²) in [6.07, 6.45) is 3.19. The molecule has 0 aliphatic carbocycles. The Morgan fingerprint density at radius 1 is 0.968 bits per heavy atom. The molecule has 6 nitrogen and oxygen atoms in total. The number of unbranched alkanes of at least 4 members (excludes halogenated alkanes) is 1. The summed E-state index contributed by atoms with van der Waals surface area (Å²) >= 11 is 0. The number of aromatic nitrogens is 2. The van der Waals surface area contributed by atoms with Crippen LogP contribution in [0.3, 0.4) is 0 Å². The minimum absolute atomic E-state index is 0.203. The number of halogens is 1. The lowest BCUT2D eigenvalue weighted by Crippen LogP contribution is -2.30. The van der Waals surface area contributed by atoms with Crippen molar-refractivity contribution in [2.75, 3.05) is 37.7 Å². The third-order valence-electron chi connectivity index (χ3n) is 5.47. The van der Waals surface area contributed by atoms with E-state index in [0.717, 1.165) is 69.0 Å². The summed E-state index contributed by atoms with van der Waals surface area (Å²) in [5.74, 6) is 1.80. The third kappa shape index (κ3) is 5.82. The zero-order chi connectivity index (χ0) is 21.5. The minimum Gasteiger partial charge on any atom is -0.494 e. The van der Waals surface area contributed by atoms with Crippen molar-refractivity contribution in [3.8, 4) is 17.2 Å². The lowest BCUT2D eigenvalue weighted by atomic mass is 10.2. The number of hydrogen-bond acceptors (Lipinski definition) is 6. The zero-order valence-corrected chi connectivity index (χ0v) is 18.0. The molecule has 2 aromatic carbocycles. The number of rotatable bonds is 8. The molecular weight excluding hydrogens is 395 g/mol. The molecule has 1 aromatic heterocycles. The van der Waals surface area contributed by atoms with E-state index < -0.39 is 0 Å². The van der Waals surface area contributed by atoms with Gasteiger partial charge in [0, 0.05) is 37.4 Å². The molecule has 0 N–H and O–H groups in total. The summed E-state index contributed by atoms with van der Waals surface area (Å²) in [7, 11) is 0. The van der Waals surface area contributed by atoms with E-state index in [1.165, 1.54) is 12.1 Å². The summed E-state index contributed by atoms with van der Waals surface area (Å²) in [5, 5.41) is 8.46. The molecule has 31 heavy (non-hydrogen) atoms. The number of benzene rings is 2. The van der Waals surface area contributed by atoms with Gasteiger partial charge in [0.2, 0.25) is 11.8 Å². The molecule has 0 amide bonds. The lowest BCUT2D eigenvalue weighted by Gasteiger charge is -2.23. The molecule has 1 aliphatic rings. The Morgan fingerprint density at radius 3 is 2.55 bits per heavy atom. The SMILES string of the molecule is CCCCOc1ccc(-c2nnc(CN3CCCN(c4ccc(F)cc4)CC3)o2)cc1. The van der Waals surface area contributed by atoms with Crippen LogP contribution in [0.1, 0.15) is 32.1 Å². The molecule has 3 aromatic rings. The maximum Gasteiger partial charge on any atom is 0.247 e. The molecule has 0 saturated carbocycles. The fourth-order valence-corrected chi connectivity index (χ4v) is 3.69. The first-order valence-electron chi connectivity index (χ1n) is 11.0. The topological polar surface area (TPSA) is 54.6 Å². The quantitative estimate of drug-likeness (QED) is 0.486. The fraction of sp³-hybridized carbons (Fsp3) is 0.417. The van der Waals surface area contributed by atoms with Crippen LogP contribution in [0.25, 0.3) is 11.5 Å². The van der Waals surface area contributed by atoms with E-state index in [-0.39, 0.29) is 5.82 Å². The van der Waals surface area contributed by atoms with Gasteiger partial charge in [-0.05, 0) is 61.4 Å². The summed E-state index contributed by atoms with van der Waals surface area (Å²) in [6.45, 7) is 7.18. The van der Waals surface area contributed by atoms with Crippen LogP contribution < -0.4 is 9.64 Å². The Hall–Kier alpha value is -2.93. The van der Waals surface area contributed by atoms with Gasteiger partial charge in [-0.25, -0.2) is 4.39 Å². The Labute approximate surface area is 182 Å². The molecule has 1 aliphatic heterocycles. The van der Waals surface area contributed by atoms with Crippen molar-refractivity contribution >= 4 is 5.69 Å². The number of ether oxygens (including phenoxy) is 1. The molecule has 2 heterocycles. The smallest absolute Gasteiger partial charge is 0.247 e. The molecule has 0 radical (unpaired) electrons. The minimum atomic E-state index is -0.203. The Morgan fingerprint density at radius 2 is 1.77 bits per heavy atom. The van der Waals surface area contributed by atoms with Crippen molar-refractivity contribution in [1.29, 1.82) is 0 Å². The van der Waals surface area contributed by atoms with Gasteiger partial charge in [0.05, 0.1) is 13.2 Å². The summed E-state index contributed by atoms with van der Waals surface area (Å²) in [4.78, 5) is 4.62. The van der Waals surface area contributed by atoms with Crippen LogP contribution in [0.5, 0.6) is 5.75 Å². The second-order valence-corrected chi connectivity index (χ2v) is 7.82. The number of hydrogen-bond donors (Lipinski definition) is 0. The first-order chi connectivity index (χ1) is 15.2. The monoisotopic (exact) mass is 424 g/mol. The average Bonchev–Trinajstić information content (AvgIpc) is 3.13. The van der Waals surface area contributed by atoms with E-state index in [2.05, 4.69) is 26.9 Å². The van der Waals surface area contributed by atoms with Gasteiger partial charge >= 0.3 is 0 Å². The molecule has 0 bridgehead atoms. The van der Waals surface area contributed by atoms with Gasteiger partial charge in [-0.3, -0.25) is 4.90 Å². The number of nitrogens with zero attached hydrogens (tertiary/aromatic N) is 4. The molecule has 4 rings (SSSR count). The molecule has 0 unspecified atom stereocenters. The van der Waals surface area contributed by atoms with Crippen LogP contribution in [0.15, 0.2) is 52.9 Å². The molecule has 0 atom stereocenters. The second-order valence-electron chi connectivity index (χ2n) is 7.82. The van der Waals surface area contributed by atoms with Crippen molar-refractivity contribution in [2.45, 2.75) is 32.7 Å². The predicted octanol–water partition coefficient (Wildman–Crippen LogP) is 4.77. The molecule has 164 valence electrons. The van der Waals surface area contributed by atoms with Crippen LogP contribution in [-0.4, -0.2) is 47.9 Å². The van der Waals surface area contributed by atoms with Gasteiger partial charge in [0.15, 0.2) is 0 Å². The van der Waals surface area contributed by atoms with Crippen molar-refractivity contribution in [1.82, 2.24) is 15.1 Å². The van der Waals surface area contributed by atoms with Gasteiger partial charge in [-0.2, -0.15) is 0 Å². The average molecular weight is 425 g/mol. The van der Waals surface area contributed by atoms with Gasteiger partial charge in [-0.1, -0.05) is 13.3 Å². The van der Waals surface area contributed by atoms with Crippen LogP contribution in [0.4, 0.5) is 10.1 Å². The van der Waals surface area contributed by atoms with Gasteiger partial charge < -0.3 is 14.1 Å². The third-order valence-corrected chi connectivity index (χ3v) is 5.47. The highest BCUT2D eigenvalue weighted by Gasteiger charge is 2.18. The summed E-state index contributed by atoms with van der Waals surface area (Å²) < 4.78 is 24.8. The first kappa shape index (κ1) is 21.3. The largest absolute Gasteiger partial charge is 0.494 e. The van der Waals surface area contributed by atoms with Crippen molar-refractivity contribution < 1.29 is 13.5 Å². The lowest BCUT2D eigenvalue weighted by molar-refractivity contribution is 0.256. The molecular formula is C24H29FN4O2. The van der Waals surface area contributed by atoms with Crippen LogP contribution in [0.2, 0.25) is 0 Å². The summed E-state index contributed by atoms with van der Waals surface area (Å²) in [6, 6.07) is 14.5. The zero-order valence-electron chi connectivity index (χ0n) is 18.0. The molecule has 1 fully saturated rings. The number of anilines is 1. The van der Waals surface area contributed by atoms with E-state index in [1.807, 2.05) is 36.4 Å². The van der Waals surface area contributed by atoms with E-state index in [9.17, 15) is 4.39 Å². The molecule has 7 heteroatoms. The van der Waals surface area contributed by atoms with E-state index >= 15 is 0 Å². The van der Waals surface area contributed by atoms with Crippen molar-refractivity contribution in [3.63, 3.8) is 0 Å². The van der Waals surface area contributed by atoms with E-state index in [0.29, 0.717) is 18.3 Å². The summed E-state index contributed by atoms with van der Waals surface area (Å²) in [5.41, 5.74) is 1.95. The standard InChI is InChI=1S/C24H29FN4O2/c1-2-3-17-30-22-11-5-19(6-12-22)24-27-26-23(31-24)18-28-13-4-14-29(16-15-28)21-9-7-20(25)8-10-21/h5-12H,2-4,13-18H2,1H3. The normalized spacial score (nSPS) is 15.1. The second kappa shape index (κ2) is 10.4. The molecule has 1 saturated heterocycles. The van der Waals surface area contributed by atoms with Gasteiger partial charge in [0.25, 0.3) is 0 Å². The van der Waals surface area contributed by atoms with Crippen LogP contribution in [0, 0.1) is 5.82 Å². The van der Waals surface area contributed by atoms with E-state index in [4.69, 9.17) is 9.15 Å². The Balaban J connectivity index is 1.32. The highest BCUT2D eigenvalue weighted by atomic mass is 19.1. The van der Waals surface area contributed by atoms with E-state index in [1.54, 1.807) is 0 Å². The maximum atomic E-state index is 13.2. The highest BCUT2D eigenvalue weighted by molar-refractivity contribution is 5.54.